The molecule has 1 N–H and O–H groups in total. The Morgan fingerprint density at radius 3 is 2.56 bits per heavy atom. The van der Waals surface area contributed by atoms with Gasteiger partial charge in [0.05, 0.1) is 22.2 Å². The fourth-order valence-corrected chi connectivity index (χ4v) is 4.73. The van der Waals surface area contributed by atoms with E-state index in [1.54, 1.807) is 29.2 Å². The average molecular weight is 467 g/mol. The molecule has 0 spiro atoms. The summed E-state index contributed by atoms with van der Waals surface area (Å²) in [5.74, 6) is -0.0235. The number of nitrogens with zero attached hydrogens (tertiary/aromatic N) is 3. The molecule has 2 aromatic heterocycles. The molecule has 0 fully saturated rings. The minimum atomic E-state index is -0.528. The number of allylic oxidation sites excluding steroid dienone is 1. The van der Waals surface area contributed by atoms with Crippen molar-refractivity contribution >= 4 is 39.9 Å². The van der Waals surface area contributed by atoms with Gasteiger partial charge in [-0.1, -0.05) is 29.4 Å². The van der Waals surface area contributed by atoms with Gasteiger partial charge in [-0.25, -0.2) is 8.78 Å². The molecule has 0 aliphatic carbocycles. The van der Waals surface area contributed by atoms with Gasteiger partial charge in [0.1, 0.15) is 11.6 Å². The molecule has 1 unspecified atom stereocenters. The highest BCUT2D eigenvalue weighted by molar-refractivity contribution is 7.80. The maximum atomic E-state index is 14.0. The summed E-state index contributed by atoms with van der Waals surface area (Å²) < 4.78 is 33.6. The summed E-state index contributed by atoms with van der Waals surface area (Å²) in [6.07, 6.45) is 0. The highest BCUT2D eigenvalue weighted by Gasteiger charge is 2.35. The first-order valence-corrected chi connectivity index (χ1v) is 11.0. The number of hydrogen-bond acceptors (Lipinski definition) is 5. The minimum absolute atomic E-state index is 0.275. The van der Waals surface area contributed by atoms with E-state index in [9.17, 15) is 8.78 Å². The third-order valence-electron chi connectivity index (χ3n) is 5.13. The monoisotopic (exact) mass is 466 g/mol. The van der Waals surface area contributed by atoms with Gasteiger partial charge in [0.2, 0.25) is 5.82 Å². The standard InChI is InChI=1S/C23H16F2N4OS2/c1-13-19(22-27-21(28-30-22)18-9-4-10-32-18)20(14-5-2-6-15(24)11-14)26-23(31)29(13)17-8-3-7-16(25)12-17/h2-12,20H,1H3,(H,26,31). The Balaban J connectivity index is 1.68. The van der Waals surface area contributed by atoms with Crippen molar-refractivity contribution in [2.24, 2.45) is 0 Å². The average Bonchev–Trinajstić information content (AvgIpc) is 3.45. The lowest BCUT2D eigenvalue weighted by Crippen LogP contribution is -2.46. The first-order chi connectivity index (χ1) is 15.5. The Morgan fingerprint density at radius 1 is 1.06 bits per heavy atom. The predicted octanol–water partition coefficient (Wildman–Crippen LogP) is 5.94. The van der Waals surface area contributed by atoms with Crippen LogP contribution in [0.15, 0.2) is 76.3 Å². The maximum Gasteiger partial charge on any atom is 0.258 e. The number of aromatic nitrogens is 2. The van der Waals surface area contributed by atoms with Crippen LogP contribution in [0.3, 0.4) is 0 Å². The van der Waals surface area contributed by atoms with Crippen molar-refractivity contribution < 1.29 is 13.3 Å². The number of anilines is 1. The Labute approximate surface area is 192 Å². The first kappa shape index (κ1) is 20.5. The Morgan fingerprint density at radius 2 is 1.84 bits per heavy atom. The quantitative estimate of drug-likeness (QED) is 0.376. The van der Waals surface area contributed by atoms with E-state index in [0.717, 1.165) is 4.88 Å². The Hall–Kier alpha value is -3.43. The van der Waals surface area contributed by atoms with E-state index < -0.39 is 6.04 Å². The summed E-state index contributed by atoms with van der Waals surface area (Å²) in [4.78, 5) is 7.16. The van der Waals surface area contributed by atoms with Crippen LogP contribution >= 0.6 is 23.6 Å². The van der Waals surface area contributed by atoms with Crippen LogP contribution in [0.1, 0.15) is 24.4 Å². The molecule has 32 heavy (non-hydrogen) atoms. The van der Waals surface area contributed by atoms with Gasteiger partial charge in [-0.3, -0.25) is 4.90 Å². The molecule has 2 aromatic carbocycles. The van der Waals surface area contributed by atoms with E-state index in [0.29, 0.717) is 33.5 Å². The van der Waals surface area contributed by atoms with Gasteiger partial charge in [0.15, 0.2) is 5.11 Å². The lowest BCUT2D eigenvalue weighted by atomic mass is 9.94. The van der Waals surface area contributed by atoms with Gasteiger partial charge in [-0.2, -0.15) is 4.98 Å². The highest BCUT2D eigenvalue weighted by atomic mass is 32.1. The molecule has 9 heteroatoms. The smallest absolute Gasteiger partial charge is 0.258 e. The predicted molar refractivity (Wildman–Crippen MR) is 124 cm³/mol. The van der Waals surface area contributed by atoms with Crippen molar-refractivity contribution in [3.63, 3.8) is 0 Å². The number of halogens is 2. The van der Waals surface area contributed by atoms with Gasteiger partial charge >= 0.3 is 0 Å². The summed E-state index contributed by atoms with van der Waals surface area (Å²) in [5, 5.41) is 9.64. The largest absolute Gasteiger partial charge is 0.351 e. The molecule has 1 atom stereocenters. The molecule has 1 aliphatic rings. The molecule has 0 saturated carbocycles. The van der Waals surface area contributed by atoms with Gasteiger partial charge in [0, 0.05) is 5.70 Å². The van der Waals surface area contributed by atoms with Crippen molar-refractivity contribution in [1.82, 2.24) is 15.5 Å². The number of rotatable bonds is 4. The molecular weight excluding hydrogens is 450 g/mol. The van der Waals surface area contributed by atoms with Crippen LogP contribution in [0.4, 0.5) is 14.5 Å². The van der Waals surface area contributed by atoms with Crippen LogP contribution in [0.25, 0.3) is 16.3 Å². The third kappa shape index (κ3) is 3.69. The maximum absolute atomic E-state index is 14.0. The molecule has 0 radical (unpaired) electrons. The van der Waals surface area contributed by atoms with E-state index in [-0.39, 0.29) is 17.5 Å². The van der Waals surface area contributed by atoms with Gasteiger partial charge in [-0.05, 0) is 66.5 Å². The number of thiophene rings is 1. The fourth-order valence-electron chi connectivity index (χ4n) is 3.72. The second kappa shape index (κ2) is 8.25. The van der Waals surface area contributed by atoms with Crippen molar-refractivity contribution in [2.45, 2.75) is 13.0 Å². The van der Waals surface area contributed by atoms with Crippen LogP contribution in [-0.4, -0.2) is 15.3 Å². The highest BCUT2D eigenvalue weighted by Crippen LogP contribution is 2.39. The van der Waals surface area contributed by atoms with Gasteiger partial charge in [0.25, 0.3) is 5.89 Å². The van der Waals surface area contributed by atoms with Crippen LogP contribution in [0.2, 0.25) is 0 Å². The first-order valence-electron chi connectivity index (χ1n) is 9.71. The fraction of sp³-hybridized carbons (Fsp3) is 0.0870. The van der Waals surface area contributed by atoms with Crippen LogP contribution < -0.4 is 10.2 Å². The van der Waals surface area contributed by atoms with E-state index in [1.807, 2.05) is 24.4 Å². The molecule has 3 heterocycles. The van der Waals surface area contributed by atoms with E-state index in [2.05, 4.69) is 15.5 Å². The van der Waals surface area contributed by atoms with Gasteiger partial charge in [-0.15, -0.1) is 11.3 Å². The second-order valence-corrected chi connectivity index (χ2v) is 8.49. The SMILES string of the molecule is CC1=C(c2nc(-c3cccs3)no2)C(c2cccc(F)c2)NC(=S)N1c1cccc(F)c1. The molecule has 0 saturated heterocycles. The second-order valence-electron chi connectivity index (χ2n) is 7.15. The molecule has 5 rings (SSSR count). The normalized spacial score (nSPS) is 16.4. The van der Waals surface area contributed by atoms with E-state index >= 15 is 0 Å². The van der Waals surface area contributed by atoms with Crippen molar-refractivity contribution in [2.75, 3.05) is 4.90 Å². The van der Waals surface area contributed by atoms with E-state index in [4.69, 9.17) is 16.7 Å². The molecule has 4 aromatic rings. The Kier molecular flexibility index (Phi) is 5.28. The number of nitrogens with one attached hydrogen (secondary N) is 1. The lowest BCUT2D eigenvalue weighted by Gasteiger charge is -2.37. The van der Waals surface area contributed by atoms with Crippen LogP contribution in [-0.2, 0) is 0 Å². The number of benzene rings is 2. The summed E-state index contributed by atoms with van der Waals surface area (Å²) in [6.45, 7) is 1.84. The van der Waals surface area contributed by atoms with Crippen molar-refractivity contribution in [1.29, 1.82) is 0 Å². The molecule has 160 valence electrons. The molecular formula is C23H16F2N4OS2. The van der Waals surface area contributed by atoms with Crippen LogP contribution in [0.5, 0.6) is 0 Å². The van der Waals surface area contributed by atoms with E-state index in [1.165, 1.54) is 35.6 Å². The zero-order valence-electron chi connectivity index (χ0n) is 16.8. The van der Waals surface area contributed by atoms with Crippen molar-refractivity contribution in [3.05, 3.63) is 94.8 Å². The lowest BCUT2D eigenvalue weighted by molar-refractivity contribution is 0.404. The summed E-state index contributed by atoms with van der Waals surface area (Å²) >= 11 is 7.11. The Bertz CT molecular complexity index is 1330. The summed E-state index contributed by atoms with van der Waals surface area (Å²) in [6, 6.07) is 15.6. The third-order valence-corrected chi connectivity index (χ3v) is 6.30. The summed E-state index contributed by atoms with van der Waals surface area (Å²) in [7, 11) is 0. The van der Waals surface area contributed by atoms with Crippen molar-refractivity contribution in [3.8, 4) is 10.7 Å². The molecule has 0 bridgehead atoms. The zero-order chi connectivity index (χ0) is 22.2. The molecule has 5 nitrogen and oxygen atoms in total. The molecule has 1 aliphatic heterocycles. The topological polar surface area (TPSA) is 54.2 Å². The molecule has 0 amide bonds. The number of hydrogen-bond donors (Lipinski definition) is 1. The number of thiocarbonyl (C=S) groups is 1. The zero-order valence-corrected chi connectivity index (χ0v) is 18.4. The van der Waals surface area contributed by atoms with Gasteiger partial charge < -0.3 is 9.84 Å². The van der Waals surface area contributed by atoms with Crippen LogP contribution in [0, 0.1) is 11.6 Å². The summed E-state index contributed by atoms with van der Waals surface area (Å²) in [5.41, 5.74) is 2.50. The minimum Gasteiger partial charge on any atom is -0.351 e.